The van der Waals surface area contributed by atoms with Crippen LogP contribution in [0.3, 0.4) is 0 Å². The molecule has 0 aliphatic carbocycles. The fraction of sp³-hybridized carbons (Fsp3) is 0.222. The Morgan fingerprint density at radius 1 is 1.62 bits per heavy atom. The van der Waals surface area contributed by atoms with Gasteiger partial charge in [-0.05, 0) is 11.4 Å². The molecule has 2 rings (SSSR count). The molecule has 0 aromatic carbocycles. The predicted molar refractivity (Wildman–Crippen MR) is 51.6 cm³/mol. The number of aromatic nitrogens is 2. The second-order valence-electron chi connectivity index (χ2n) is 2.83. The van der Waals surface area contributed by atoms with Crippen molar-refractivity contribution < 1.29 is 5.11 Å². The van der Waals surface area contributed by atoms with Crippen molar-refractivity contribution in [1.82, 2.24) is 10.2 Å². The number of nitrogens with zero attached hydrogens (tertiary/aromatic N) is 1. The molecule has 0 spiro atoms. The summed E-state index contributed by atoms with van der Waals surface area (Å²) in [6.07, 6.45) is 3.59. The molecule has 0 aliphatic heterocycles. The Kier molecular flexibility index (Phi) is 2.42. The maximum absolute atomic E-state index is 9.73. The highest BCUT2D eigenvalue weighted by atomic mass is 32.1. The molecule has 0 saturated heterocycles. The third-order valence-electron chi connectivity index (χ3n) is 1.88. The standard InChI is InChI=1S/C9H10N2OS/c12-9(7-5-10-11-6-7)4-8-2-1-3-13-8/h1-3,5-6,9,12H,4H2,(H,10,11). The quantitative estimate of drug-likeness (QED) is 0.782. The Bertz CT molecular complexity index is 342. The van der Waals surface area contributed by atoms with Crippen LogP contribution in [0.1, 0.15) is 16.5 Å². The first-order valence-corrected chi connectivity index (χ1v) is 4.93. The molecule has 0 fully saturated rings. The largest absolute Gasteiger partial charge is 0.388 e. The highest BCUT2D eigenvalue weighted by Gasteiger charge is 2.09. The van der Waals surface area contributed by atoms with Gasteiger partial charge < -0.3 is 5.11 Å². The molecule has 1 unspecified atom stereocenters. The molecule has 2 heterocycles. The van der Waals surface area contributed by atoms with Crippen LogP contribution in [0, 0.1) is 0 Å². The molecular formula is C9H10N2OS. The minimum Gasteiger partial charge on any atom is -0.388 e. The first-order valence-electron chi connectivity index (χ1n) is 4.05. The van der Waals surface area contributed by atoms with Crippen molar-refractivity contribution in [2.24, 2.45) is 0 Å². The smallest absolute Gasteiger partial charge is 0.0868 e. The van der Waals surface area contributed by atoms with Gasteiger partial charge in [-0.3, -0.25) is 5.10 Å². The molecule has 0 amide bonds. The number of hydrogen-bond donors (Lipinski definition) is 2. The summed E-state index contributed by atoms with van der Waals surface area (Å²) in [5.41, 5.74) is 0.841. The summed E-state index contributed by atoms with van der Waals surface area (Å²) in [5.74, 6) is 0. The summed E-state index contributed by atoms with van der Waals surface area (Å²) < 4.78 is 0. The monoisotopic (exact) mass is 194 g/mol. The van der Waals surface area contributed by atoms with E-state index < -0.39 is 6.10 Å². The van der Waals surface area contributed by atoms with E-state index in [0.29, 0.717) is 6.42 Å². The summed E-state index contributed by atoms with van der Waals surface area (Å²) in [6.45, 7) is 0. The van der Waals surface area contributed by atoms with Crippen LogP contribution in [-0.4, -0.2) is 15.3 Å². The van der Waals surface area contributed by atoms with Gasteiger partial charge >= 0.3 is 0 Å². The lowest BCUT2D eigenvalue weighted by Crippen LogP contribution is -1.98. The van der Waals surface area contributed by atoms with Crippen LogP contribution in [0.4, 0.5) is 0 Å². The topological polar surface area (TPSA) is 48.9 Å². The van der Waals surface area contributed by atoms with Gasteiger partial charge in [0.15, 0.2) is 0 Å². The molecule has 2 aromatic heterocycles. The van der Waals surface area contributed by atoms with Crippen LogP contribution in [-0.2, 0) is 6.42 Å². The Labute approximate surface area is 80.1 Å². The van der Waals surface area contributed by atoms with Crippen LogP contribution in [0.25, 0.3) is 0 Å². The Balaban J connectivity index is 2.04. The lowest BCUT2D eigenvalue weighted by molar-refractivity contribution is 0.179. The molecule has 2 aromatic rings. The zero-order valence-corrected chi connectivity index (χ0v) is 7.79. The average Bonchev–Trinajstić information content (AvgIpc) is 2.74. The third-order valence-corrected chi connectivity index (χ3v) is 2.78. The van der Waals surface area contributed by atoms with Crippen molar-refractivity contribution in [2.45, 2.75) is 12.5 Å². The van der Waals surface area contributed by atoms with Gasteiger partial charge in [0.2, 0.25) is 0 Å². The zero-order valence-electron chi connectivity index (χ0n) is 6.97. The van der Waals surface area contributed by atoms with Gasteiger partial charge in [-0.1, -0.05) is 6.07 Å². The Morgan fingerprint density at radius 3 is 3.15 bits per heavy atom. The molecule has 1 atom stereocenters. The molecule has 0 radical (unpaired) electrons. The highest BCUT2D eigenvalue weighted by molar-refractivity contribution is 7.09. The van der Waals surface area contributed by atoms with Crippen LogP contribution < -0.4 is 0 Å². The summed E-state index contributed by atoms with van der Waals surface area (Å²) in [5, 5.41) is 18.2. The number of aromatic amines is 1. The van der Waals surface area contributed by atoms with E-state index in [9.17, 15) is 5.11 Å². The highest BCUT2D eigenvalue weighted by Crippen LogP contribution is 2.19. The number of rotatable bonds is 3. The van der Waals surface area contributed by atoms with Crippen molar-refractivity contribution in [1.29, 1.82) is 0 Å². The number of aliphatic hydroxyl groups is 1. The third kappa shape index (κ3) is 1.96. The fourth-order valence-corrected chi connectivity index (χ4v) is 1.92. The number of thiophene rings is 1. The van der Waals surface area contributed by atoms with Crippen molar-refractivity contribution in [2.75, 3.05) is 0 Å². The average molecular weight is 194 g/mol. The van der Waals surface area contributed by atoms with E-state index in [4.69, 9.17) is 0 Å². The van der Waals surface area contributed by atoms with Crippen LogP contribution in [0.2, 0.25) is 0 Å². The van der Waals surface area contributed by atoms with E-state index in [2.05, 4.69) is 10.2 Å². The number of aliphatic hydroxyl groups excluding tert-OH is 1. The van der Waals surface area contributed by atoms with E-state index in [1.807, 2.05) is 17.5 Å². The van der Waals surface area contributed by atoms with Crippen LogP contribution in [0.5, 0.6) is 0 Å². The van der Waals surface area contributed by atoms with E-state index in [1.165, 1.54) is 4.88 Å². The molecule has 4 heteroatoms. The fourth-order valence-electron chi connectivity index (χ4n) is 1.18. The minimum atomic E-state index is -0.447. The molecular weight excluding hydrogens is 184 g/mol. The van der Waals surface area contributed by atoms with E-state index in [1.54, 1.807) is 23.7 Å². The Hall–Kier alpha value is -1.13. The second kappa shape index (κ2) is 3.72. The van der Waals surface area contributed by atoms with Gasteiger partial charge in [-0.25, -0.2) is 0 Å². The molecule has 0 bridgehead atoms. The predicted octanol–water partition coefficient (Wildman–Crippen LogP) is 1.75. The first kappa shape index (κ1) is 8.47. The normalized spacial score (nSPS) is 13.0. The summed E-state index contributed by atoms with van der Waals surface area (Å²) in [4.78, 5) is 1.19. The van der Waals surface area contributed by atoms with E-state index in [-0.39, 0.29) is 0 Å². The van der Waals surface area contributed by atoms with Crippen molar-refractivity contribution in [3.8, 4) is 0 Å². The lowest BCUT2D eigenvalue weighted by atomic mass is 10.1. The molecule has 68 valence electrons. The minimum absolute atomic E-state index is 0.447. The Morgan fingerprint density at radius 2 is 2.54 bits per heavy atom. The van der Waals surface area contributed by atoms with Crippen LogP contribution in [0.15, 0.2) is 29.9 Å². The molecule has 0 aliphatic rings. The van der Waals surface area contributed by atoms with Gasteiger partial charge in [-0.2, -0.15) is 5.10 Å². The first-order chi connectivity index (χ1) is 6.36. The van der Waals surface area contributed by atoms with Gasteiger partial charge in [0.1, 0.15) is 0 Å². The number of nitrogens with one attached hydrogen (secondary N) is 1. The van der Waals surface area contributed by atoms with Gasteiger partial charge in [-0.15, -0.1) is 11.3 Å². The van der Waals surface area contributed by atoms with Gasteiger partial charge in [0, 0.05) is 23.1 Å². The van der Waals surface area contributed by atoms with Crippen molar-refractivity contribution in [3.05, 3.63) is 40.3 Å². The zero-order chi connectivity index (χ0) is 9.10. The van der Waals surface area contributed by atoms with Crippen molar-refractivity contribution >= 4 is 11.3 Å². The SMILES string of the molecule is OC(Cc1cccs1)c1cn[nH]c1. The molecule has 2 N–H and O–H groups in total. The van der Waals surface area contributed by atoms with Crippen LogP contribution >= 0.6 is 11.3 Å². The maximum atomic E-state index is 9.73. The second-order valence-corrected chi connectivity index (χ2v) is 3.86. The van der Waals surface area contributed by atoms with E-state index in [0.717, 1.165) is 5.56 Å². The van der Waals surface area contributed by atoms with Gasteiger partial charge in [0.25, 0.3) is 0 Å². The summed E-state index contributed by atoms with van der Waals surface area (Å²) in [7, 11) is 0. The van der Waals surface area contributed by atoms with Gasteiger partial charge in [0.05, 0.1) is 12.3 Å². The number of H-pyrrole nitrogens is 1. The molecule has 13 heavy (non-hydrogen) atoms. The van der Waals surface area contributed by atoms with E-state index >= 15 is 0 Å². The lowest BCUT2D eigenvalue weighted by Gasteiger charge is -2.05. The summed E-state index contributed by atoms with van der Waals surface area (Å²) >= 11 is 1.66. The molecule has 0 saturated carbocycles. The number of hydrogen-bond acceptors (Lipinski definition) is 3. The maximum Gasteiger partial charge on any atom is 0.0868 e. The molecule has 3 nitrogen and oxygen atoms in total. The van der Waals surface area contributed by atoms with Crippen molar-refractivity contribution in [3.63, 3.8) is 0 Å². The summed E-state index contributed by atoms with van der Waals surface area (Å²) in [6, 6.07) is 4.01.